The Hall–Kier alpha value is -2.00. The maximum atomic E-state index is 5.27. The van der Waals surface area contributed by atoms with Crippen LogP contribution in [0.3, 0.4) is 0 Å². The van der Waals surface area contributed by atoms with Crippen LogP contribution in [-0.2, 0) is 6.54 Å². The zero-order valence-electron chi connectivity index (χ0n) is 14.4. The first-order valence-electron chi connectivity index (χ1n) is 8.77. The van der Waals surface area contributed by atoms with Crippen molar-refractivity contribution in [1.29, 1.82) is 0 Å². The average molecular weight is 323 g/mol. The van der Waals surface area contributed by atoms with E-state index in [0.717, 1.165) is 35.8 Å². The van der Waals surface area contributed by atoms with Crippen LogP contribution in [0.4, 0.5) is 0 Å². The predicted molar refractivity (Wildman–Crippen MR) is 95.6 cm³/mol. The van der Waals surface area contributed by atoms with Gasteiger partial charge in [0.25, 0.3) is 0 Å². The molecule has 0 radical (unpaired) electrons. The lowest BCUT2D eigenvalue weighted by atomic mass is 10.1. The molecule has 1 heterocycles. The van der Waals surface area contributed by atoms with Gasteiger partial charge >= 0.3 is 0 Å². The molecule has 0 amide bonds. The summed E-state index contributed by atoms with van der Waals surface area (Å²) in [5, 5.41) is 0. The standard InChI is InChI=1S/C21H25NO2/c1-23-17-7-3-15(4-8-17)13-22-12-11-19-20(14-22)21(19)16-5-9-18(24-2)10-6-16/h3-10,19-21H,11-14H2,1-2H3/t19-,20+,21+/m0/s1. The molecule has 2 aromatic carbocycles. The van der Waals surface area contributed by atoms with Gasteiger partial charge in [-0.25, -0.2) is 0 Å². The number of hydrogen-bond acceptors (Lipinski definition) is 3. The van der Waals surface area contributed by atoms with Crippen molar-refractivity contribution in [3.05, 3.63) is 59.7 Å². The van der Waals surface area contributed by atoms with Crippen molar-refractivity contribution < 1.29 is 9.47 Å². The molecule has 4 rings (SSSR count). The topological polar surface area (TPSA) is 21.7 Å². The normalized spacial score (nSPS) is 25.8. The molecule has 2 aliphatic rings. The summed E-state index contributed by atoms with van der Waals surface area (Å²) in [5.41, 5.74) is 2.85. The second-order valence-corrected chi connectivity index (χ2v) is 7.00. The fraction of sp³-hybridized carbons (Fsp3) is 0.429. The van der Waals surface area contributed by atoms with Gasteiger partial charge in [-0.2, -0.15) is 0 Å². The number of likely N-dealkylation sites (tertiary alicyclic amines) is 1. The molecule has 0 unspecified atom stereocenters. The largest absolute Gasteiger partial charge is 0.497 e. The smallest absolute Gasteiger partial charge is 0.118 e. The molecular formula is C21H25NO2. The Morgan fingerprint density at radius 1 is 0.875 bits per heavy atom. The van der Waals surface area contributed by atoms with Gasteiger partial charge in [0.1, 0.15) is 11.5 Å². The van der Waals surface area contributed by atoms with Crippen LogP contribution < -0.4 is 9.47 Å². The second kappa shape index (κ2) is 6.48. The minimum absolute atomic E-state index is 0.747. The summed E-state index contributed by atoms with van der Waals surface area (Å²) < 4.78 is 10.5. The monoisotopic (exact) mass is 323 g/mol. The molecule has 1 saturated heterocycles. The minimum atomic E-state index is 0.747. The fourth-order valence-corrected chi connectivity index (χ4v) is 4.26. The van der Waals surface area contributed by atoms with Gasteiger partial charge < -0.3 is 9.47 Å². The number of hydrogen-bond donors (Lipinski definition) is 0. The van der Waals surface area contributed by atoms with Gasteiger partial charge in [-0.1, -0.05) is 24.3 Å². The number of methoxy groups -OCH3 is 2. The van der Waals surface area contributed by atoms with E-state index in [4.69, 9.17) is 9.47 Å². The summed E-state index contributed by atoms with van der Waals surface area (Å²) in [6.45, 7) is 3.47. The molecular weight excluding hydrogens is 298 g/mol. The van der Waals surface area contributed by atoms with Crippen molar-refractivity contribution in [3.8, 4) is 11.5 Å². The zero-order valence-corrected chi connectivity index (χ0v) is 14.4. The molecule has 1 saturated carbocycles. The first kappa shape index (κ1) is 15.5. The van der Waals surface area contributed by atoms with Crippen molar-refractivity contribution in [2.75, 3.05) is 27.3 Å². The van der Waals surface area contributed by atoms with Gasteiger partial charge in [0.2, 0.25) is 0 Å². The number of fused-ring (bicyclic) bond motifs is 1. The number of nitrogens with zero attached hydrogens (tertiary/aromatic N) is 1. The van der Waals surface area contributed by atoms with Crippen molar-refractivity contribution in [2.24, 2.45) is 11.8 Å². The van der Waals surface area contributed by atoms with Crippen molar-refractivity contribution in [1.82, 2.24) is 4.90 Å². The van der Waals surface area contributed by atoms with Crippen molar-refractivity contribution in [3.63, 3.8) is 0 Å². The summed E-state index contributed by atoms with van der Waals surface area (Å²) in [5.74, 6) is 4.33. The minimum Gasteiger partial charge on any atom is -0.497 e. The summed E-state index contributed by atoms with van der Waals surface area (Å²) in [7, 11) is 3.44. The first-order valence-corrected chi connectivity index (χ1v) is 8.77. The lowest BCUT2D eigenvalue weighted by molar-refractivity contribution is 0.211. The molecule has 126 valence electrons. The molecule has 0 N–H and O–H groups in total. The van der Waals surface area contributed by atoms with Crippen LogP contribution >= 0.6 is 0 Å². The third-order valence-corrected chi connectivity index (χ3v) is 5.65. The summed E-state index contributed by atoms with van der Waals surface area (Å²) in [6, 6.07) is 17.1. The third-order valence-electron chi connectivity index (χ3n) is 5.65. The number of benzene rings is 2. The van der Waals surface area contributed by atoms with E-state index < -0.39 is 0 Å². The van der Waals surface area contributed by atoms with Gasteiger partial charge in [-0.15, -0.1) is 0 Å². The Morgan fingerprint density at radius 2 is 1.50 bits per heavy atom. The predicted octanol–water partition coefficient (Wildman–Crippen LogP) is 3.94. The molecule has 3 nitrogen and oxygen atoms in total. The Kier molecular flexibility index (Phi) is 4.19. The number of rotatable bonds is 5. The summed E-state index contributed by atoms with van der Waals surface area (Å²) >= 11 is 0. The maximum Gasteiger partial charge on any atom is 0.118 e. The summed E-state index contributed by atoms with van der Waals surface area (Å²) in [6.07, 6.45) is 1.32. The number of piperidine rings is 1. The van der Waals surface area contributed by atoms with Crippen LogP contribution in [0.2, 0.25) is 0 Å². The van der Waals surface area contributed by atoms with Gasteiger partial charge in [0, 0.05) is 13.1 Å². The molecule has 2 fully saturated rings. The summed E-state index contributed by atoms with van der Waals surface area (Å²) in [4.78, 5) is 2.60. The van der Waals surface area contributed by atoms with Crippen LogP contribution in [0.1, 0.15) is 23.5 Å². The van der Waals surface area contributed by atoms with Crippen molar-refractivity contribution in [2.45, 2.75) is 18.9 Å². The highest BCUT2D eigenvalue weighted by Gasteiger charge is 2.52. The van der Waals surface area contributed by atoms with E-state index in [2.05, 4.69) is 53.4 Å². The van der Waals surface area contributed by atoms with Crippen LogP contribution in [-0.4, -0.2) is 32.2 Å². The first-order chi connectivity index (χ1) is 11.8. The van der Waals surface area contributed by atoms with E-state index >= 15 is 0 Å². The van der Waals surface area contributed by atoms with E-state index in [1.54, 1.807) is 14.2 Å². The van der Waals surface area contributed by atoms with E-state index in [9.17, 15) is 0 Å². The number of ether oxygens (including phenoxy) is 2. The third kappa shape index (κ3) is 3.01. The Labute approximate surface area is 144 Å². The highest BCUT2D eigenvalue weighted by Crippen LogP contribution is 2.58. The zero-order chi connectivity index (χ0) is 16.5. The highest BCUT2D eigenvalue weighted by molar-refractivity contribution is 5.34. The van der Waals surface area contributed by atoms with E-state index in [-0.39, 0.29) is 0 Å². The average Bonchev–Trinajstić information content (AvgIpc) is 3.36. The molecule has 0 bridgehead atoms. The Bertz CT molecular complexity index is 680. The molecule has 24 heavy (non-hydrogen) atoms. The molecule has 2 aromatic rings. The Balaban J connectivity index is 1.37. The van der Waals surface area contributed by atoms with Crippen LogP contribution in [0.25, 0.3) is 0 Å². The van der Waals surface area contributed by atoms with Gasteiger partial charge in [0.05, 0.1) is 14.2 Å². The molecule has 0 aromatic heterocycles. The lowest BCUT2D eigenvalue weighted by Crippen LogP contribution is -2.30. The molecule has 1 aliphatic heterocycles. The quantitative estimate of drug-likeness (QED) is 0.832. The van der Waals surface area contributed by atoms with Gasteiger partial charge in [-0.3, -0.25) is 4.90 Å². The van der Waals surface area contributed by atoms with Gasteiger partial charge in [-0.05, 0) is 66.1 Å². The van der Waals surface area contributed by atoms with Crippen LogP contribution in [0.15, 0.2) is 48.5 Å². The second-order valence-electron chi connectivity index (χ2n) is 7.00. The lowest BCUT2D eigenvalue weighted by Gasteiger charge is -2.26. The SMILES string of the molecule is COc1ccc(CN2CC[C@H]3[C@@H](C2)[C@@H]3c2ccc(OC)cc2)cc1. The molecule has 3 atom stereocenters. The fourth-order valence-electron chi connectivity index (χ4n) is 4.26. The van der Waals surface area contributed by atoms with Gasteiger partial charge in [0.15, 0.2) is 0 Å². The van der Waals surface area contributed by atoms with E-state index in [1.165, 1.54) is 30.6 Å². The maximum absolute atomic E-state index is 5.27. The van der Waals surface area contributed by atoms with E-state index in [1.807, 2.05) is 0 Å². The van der Waals surface area contributed by atoms with E-state index in [0.29, 0.717) is 0 Å². The highest BCUT2D eigenvalue weighted by atomic mass is 16.5. The Morgan fingerprint density at radius 3 is 2.12 bits per heavy atom. The molecule has 1 aliphatic carbocycles. The van der Waals surface area contributed by atoms with Crippen molar-refractivity contribution >= 4 is 0 Å². The van der Waals surface area contributed by atoms with Crippen LogP contribution in [0, 0.1) is 11.8 Å². The molecule has 0 spiro atoms. The molecule has 3 heteroatoms. The van der Waals surface area contributed by atoms with Crippen LogP contribution in [0.5, 0.6) is 11.5 Å².